The van der Waals surface area contributed by atoms with E-state index in [1.807, 2.05) is 0 Å². The van der Waals surface area contributed by atoms with Crippen molar-refractivity contribution in [1.82, 2.24) is 0 Å². The molecule has 0 fully saturated rings. The van der Waals surface area contributed by atoms with Gasteiger partial charge in [-0.05, 0) is 0 Å². The molecule has 0 aliphatic carbocycles. The van der Waals surface area contributed by atoms with Gasteiger partial charge in [0.2, 0.25) is 0 Å². The molecule has 5 radical (unpaired) electrons. The molecule has 0 aromatic rings. The van der Waals surface area contributed by atoms with Gasteiger partial charge in [0, 0.05) is 22.4 Å². The molecule has 0 rings (SSSR count). The first-order valence-corrected chi connectivity index (χ1v) is 3.00. The van der Waals surface area contributed by atoms with Crippen LogP contribution in [-0.4, -0.2) is 99.5 Å². The Balaban J connectivity index is -0.00000000114. The minimum absolute atomic E-state index is 0. The van der Waals surface area contributed by atoms with Crippen LogP contribution in [0.25, 0.3) is 0 Å². The van der Waals surface area contributed by atoms with Crippen LogP contribution < -0.4 is 0 Å². The van der Waals surface area contributed by atoms with Crippen LogP contribution in [0.1, 0.15) is 0 Å². The predicted octanol–water partition coefficient (Wildman–Crippen LogP) is -4.45. The van der Waals surface area contributed by atoms with Gasteiger partial charge < -0.3 is 0 Å². The Labute approximate surface area is 161 Å². The zero-order chi connectivity index (χ0) is 4.00. The molecular formula is H10AgIn2O2Sn2Zn2. The summed E-state index contributed by atoms with van der Waals surface area (Å²) in [5.74, 6) is 0. The summed E-state index contributed by atoms with van der Waals surface area (Å²) >= 11 is 0.250. The number of hydrogen-bond acceptors (Lipinski definition) is 2. The van der Waals surface area contributed by atoms with Crippen molar-refractivity contribution in [3.8, 4) is 0 Å². The maximum absolute atomic E-state index is 8.38. The average Bonchev–Trinajstić information content (AvgIpc) is 1.50. The summed E-state index contributed by atoms with van der Waals surface area (Å²) in [6, 6.07) is 0. The van der Waals surface area contributed by atoms with Crippen molar-refractivity contribution in [3.05, 3.63) is 0 Å². The fourth-order valence-electron chi connectivity index (χ4n) is 0. The van der Waals surface area contributed by atoms with Crippen LogP contribution in [0, 0.1) is 0 Å². The van der Waals surface area contributed by atoms with E-state index < -0.39 is 0 Å². The van der Waals surface area contributed by atoms with E-state index in [2.05, 4.69) is 0 Å². The first kappa shape index (κ1) is 48.5. The van der Waals surface area contributed by atoms with Crippen LogP contribution >= 0.6 is 0 Å². The van der Waals surface area contributed by atoms with Crippen LogP contribution in [0.4, 0.5) is 0 Å². The molecule has 0 bridgehead atoms. The normalized spacial score (nSPS) is 1.33. The SMILES string of the molecule is [Ag].[InH3].[InH3].[O]=[Zn].[O]=[Zn].[SnH2].[SnH2]. The molecule has 0 heterocycles. The quantitative estimate of drug-likeness (QED) is 0.235. The van der Waals surface area contributed by atoms with E-state index in [-0.39, 0.29) is 158 Å². The zero-order valence-electron chi connectivity index (χ0n) is 3.95. The molecule has 9 heteroatoms. The van der Waals surface area contributed by atoms with Crippen LogP contribution in [0.3, 0.4) is 0 Å². The molecular weight excluding hydrogens is 738 g/mol. The molecule has 0 aliphatic heterocycles. The Hall–Kier alpha value is 4.92. The number of rotatable bonds is 0. The van der Waals surface area contributed by atoms with Gasteiger partial charge in [-0.2, -0.15) is 0 Å². The van der Waals surface area contributed by atoms with Crippen LogP contribution in [0.2, 0.25) is 0 Å². The molecule has 0 aromatic carbocycles. The second-order valence-corrected chi connectivity index (χ2v) is 0. The molecule has 0 saturated carbocycles. The van der Waals surface area contributed by atoms with E-state index in [0.29, 0.717) is 0 Å². The van der Waals surface area contributed by atoms with E-state index in [0.717, 1.165) is 0 Å². The Morgan fingerprint density at radius 2 is 0.667 bits per heavy atom. The second kappa shape index (κ2) is 75.8. The van der Waals surface area contributed by atoms with Crippen molar-refractivity contribution in [3.63, 3.8) is 0 Å². The third kappa shape index (κ3) is 63.6. The van der Waals surface area contributed by atoms with E-state index in [9.17, 15) is 0 Å². The van der Waals surface area contributed by atoms with Crippen LogP contribution in [0.5, 0.6) is 0 Å². The Morgan fingerprint density at radius 1 is 0.667 bits per heavy atom. The molecule has 0 spiro atoms. The van der Waals surface area contributed by atoms with Crippen molar-refractivity contribution in [1.29, 1.82) is 0 Å². The van der Waals surface area contributed by atoms with Crippen molar-refractivity contribution in [2.45, 2.75) is 0 Å². The van der Waals surface area contributed by atoms with E-state index in [4.69, 9.17) is 7.15 Å². The summed E-state index contributed by atoms with van der Waals surface area (Å²) in [5, 5.41) is 0. The van der Waals surface area contributed by atoms with Crippen molar-refractivity contribution < 1.29 is 66.0 Å². The van der Waals surface area contributed by atoms with Crippen molar-refractivity contribution >= 4 is 99.5 Å². The Bertz CT molecular complexity index is 22.5. The molecule has 0 atom stereocenters. The van der Waals surface area contributed by atoms with Crippen molar-refractivity contribution in [2.75, 3.05) is 0 Å². The Kier molecular flexibility index (Phi) is 408. The summed E-state index contributed by atoms with van der Waals surface area (Å²) < 4.78 is 16.8. The van der Waals surface area contributed by atoms with E-state index >= 15 is 0 Å². The first-order chi connectivity index (χ1) is 2.00. The molecule has 0 N–H and O–H groups in total. The molecule has 0 aliphatic rings. The molecule has 2 nitrogen and oxygen atoms in total. The average molecular weight is 748 g/mol. The van der Waals surface area contributed by atoms with Crippen LogP contribution in [0.15, 0.2) is 0 Å². The van der Waals surface area contributed by atoms with E-state index in [1.165, 1.54) is 0 Å². The molecule has 51 valence electrons. The summed E-state index contributed by atoms with van der Waals surface area (Å²) in [5.41, 5.74) is 0. The molecule has 0 saturated heterocycles. The van der Waals surface area contributed by atoms with Gasteiger partial charge in [0.25, 0.3) is 0 Å². The second-order valence-electron chi connectivity index (χ2n) is 0. The number of hydrogen-bond donors (Lipinski definition) is 0. The monoisotopic (exact) mass is 746 g/mol. The zero-order valence-corrected chi connectivity index (χ0v) is 19.4. The summed E-state index contributed by atoms with van der Waals surface area (Å²) in [6.07, 6.45) is 0. The van der Waals surface area contributed by atoms with Gasteiger partial charge in [-0.25, -0.2) is 0 Å². The van der Waals surface area contributed by atoms with Gasteiger partial charge in [-0.1, -0.05) is 0 Å². The van der Waals surface area contributed by atoms with Crippen LogP contribution in [-0.2, 0) is 66.0 Å². The predicted molar refractivity (Wildman–Crippen MR) is 38.3 cm³/mol. The van der Waals surface area contributed by atoms with Crippen molar-refractivity contribution in [2.24, 2.45) is 0 Å². The third-order valence-corrected chi connectivity index (χ3v) is 0. The fourth-order valence-corrected chi connectivity index (χ4v) is 0. The minimum atomic E-state index is 0. The van der Waals surface area contributed by atoms with Gasteiger partial charge in [-0.3, -0.25) is 0 Å². The fraction of sp³-hybridized carbons (Fsp3) is 0. The topological polar surface area (TPSA) is 34.1 Å². The molecule has 9 heavy (non-hydrogen) atoms. The summed E-state index contributed by atoms with van der Waals surface area (Å²) in [6.45, 7) is 0. The van der Waals surface area contributed by atoms with E-state index in [1.54, 1.807) is 0 Å². The van der Waals surface area contributed by atoms with Gasteiger partial charge >= 0.3 is 143 Å². The summed E-state index contributed by atoms with van der Waals surface area (Å²) in [4.78, 5) is 0. The summed E-state index contributed by atoms with van der Waals surface area (Å²) in [7, 11) is 0. The molecule has 0 amide bonds. The third-order valence-electron chi connectivity index (χ3n) is 0. The first-order valence-electron chi connectivity index (χ1n) is 0.577. The van der Waals surface area contributed by atoms with Gasteiger partial charge in [0.15, 0.2) is 0 Å². The standard InChI is InChI=1S/Ag.2In.2O.2Sn.2Zn.10H. The molecule has 0 unspecified atom stereocenters. The molecule has 0 aromatic heterocycles. The van der Waals surface area contributed by atoms with Gasteiger partial charge in [0.1, 0.15) is 0 Å². The Morgan fingerprint density at radius 3 is 0.667 bits per heavy atom. The maximum atomic E-state index is 8.38. The van der Waals surface area contributed by atoms with Gasteiger partial charge in [-0.15, -0.1) is 0 Å². The van der Waals surface area contributed by atoms with Gasteiger partial charge in [0.05, 0.1) is 0 Å².